The van der Waals surface area contributed by atoms with Gasteiger partial charge in [0.15, 0.2) is 11.6 Å². The highest BCUT2D eigenvalue weighted by Crippen LogP contribution is 2.14. The number of hydrogen-bond acceptors (Lipinski definition) is 8. The third-order valence-corrected chi connectivity index (χ3v) is 3.74. The number of piperazine rings is 1. The van der Waals surface area contributed by atoms with E-state index in [4.69, 9.17) is 9.15 Å². The van der Waals surface area contributed by atoms with Crippen LogP contribution in [0, 0.1) is 0 Å². The lowest BCUT2D eigenvalue weighted by molar-refractivity contribution is 0.0714. The molecular weight excluding hydrogens is 312 g/mol. The van der Waals surface area contributed by atoms with Crippen molar-refractivity contribution in [3.63, 3.8) is 0 Å². The second-order valence-corrected chi connectivity index (χ2v) is 5.32. The number of carbonyl (C=O) groups excluding carboxylic acids is 1. The van der Waals surface area contributed by atoms with Crippen molar-refractivity contribution in [2.75, 3.05) is 56.7 Å². The van der Waals surface area contributed by atoms with E-state index >= 15 is 0 Å². The van der Waals surface area contributed by atoms with Gasteiger partial charge in [0.2, 0.25) is 5.95 Å². The Kier molecular flexibility index (Phi) is 5.22. The predicted octanol–water partition coefficient (Wildman–Crippen LogP) is 0.485. The average Bonchev–Trinajstić information content (AvgIpc) is 3.16. The molecule has 0 saturated carbocycles. The molecule has 0 bridgehead atoms. The maximum atomic E-state index is 12.3. The number of ether oxygens (including phenoxy) is 1. The van der Waals surface area contributed by atoms with Crippen molar-refractivity contribution in [3.8, 4) is 0 Å². The Morgan fingerprint density at radius 2 is 2.21 bits per heavy atom. The van der Waals surface area contributed by atoms with Crippen molar-refractivity contribution < 1.29 is 13.9 Å². The van der Waals surface area contributed by atoms with Crippen LogP contribution in [0.25, 0.3) is 0 Å². The van der Waals surface area contributed by atoms with E-state index in [-0.39, 0.29) is 5.91 Å². The lowest BCUT2D eigenvalue weighted by atomic mass is 10.3. The van der Waals surface area contributed by atoms with E-state index in [1.165, 1.54) is 6.26 Å². The zero-order valence-electron chi connectivity index (χ0n) is 13.5. The molecule has 3 heterocycles. The summed E-state index contributed by atoms with van der Waals surface area (Å²) in [5, 5.41) is 11.2. The van der Waals surface area contributed by atoms with Crippen LogP contribution < -0.4 is 10.2 Å². The highest BCUT2D eigenvalue weighted by atomic mass is 16.5. The molecule has 1 aliphatic heterocycles. The maximum Gasteiger partial charge on any atom is 0.289 e. The summed E-state index contributed by atoms with van der Waals surface area (Å²) in [4.78, 5) is 20.5. The molecule has 24 heavy (non-hydrogen) atoms. The van der Waals surface area contributed by atoms with Crippen LogP contribution in [0.4, 0.5) is 11.8 Å². The molecule has 0 unspecified atom stereocenters. The summed E-state index contributed by atoms with van der Waals surface area (Å²) in [6, 6.07) is 3.39. The fourth-order valence-corrected chi connectivity index (χ4v) is 2.46. The molecule has 128 valence electrons. The summed E-state index contributed by atoms with van der Waals surface area (Å²) in [6.45, 7) is 3.71. The molecule has 3 rings (SSSR count). The molecule has 1 saturated heterocycles. The second kappa shape index (κ2) is 7.73. The first-order valence-corrected chi connectivity index (χ1v) is 7.78. The molecule has 0 spiro atoms. The smallest absolute Gasteiger partial charge is 0.289 e. The molecule has 2 aromatic rings. The number of methoxy groups -OCH3 is 1. The minimum Gasteiger partial charge on any atom is -0.459 e. The topological polar surface area (TPSA) is 96.6 Å². The Morgan fingerprint density at radius 1 is 1.38 bits per heavy atom. The first-order valence-electron chi connectivity index (χ1n) is 7.78. The normalized spacial score (nSPS) is 14.7. The second-order valence-electron chi connectivity index (χ2n) is 5.32. The standard InChI is InChI=1S/C15H20N6O3/c1-23-10-4-16-13-11-17-19-15(18-13)21-7-5-20(6-8-21)14(22)12-3-2-9-24-12/h2-3,9,11H,4-8,10H2,1H3,(H,16,18,19). The number of anilines is 2. The van der Waals surface area contributed by atoms with Gasteiger partial charge in [0, 0.05) is 39.8 Å². The van der Waals surface area contributed by atoms with Gasteiger partial charge in [-0.2, -0.15) is 10.1 Å². The third-order valence-electron chi connectivity index (χ3n) is 3.74. The summed E-state index contributed by atoms with van der Waals surface area (Å²) in [6.07, 6.45) is 3.08. The van der Waals surface area contributed by atoms with Crippen LogP contribution in [0.5, 0.6) is 0 Å². The van der Waals surface area contributed by atoms with Crippen molar-refractivity contribution in [3.05, 3.63) is 30.4 Å². The molecule has 9 heteroatoms. The van der Waals surface area contributed by atoms with E-state index in [2.05, 4.69) is 20.5 Å². The fraction of sp³-hybridized carbons (Fsp3) is 0.467. The van der Waals surface area contributed by atoms with E-state index in [0.29, 0.717) is 56.9 Å². The van der Waals surface area contributed by atoms with Gasteiger partial charge in [-0.3, -0.25) is 4.79 Å². The SMILES string of the molecule is COCCNc1cnnc(N2CCN(C(=O)c3ccco3)CC2)n1. The van der Waals surface area contributed by atoms with Gasteiger partial charge in [-0.1, -0.05) is 0 Å². The summed E-state index contributed by atoms with van der Waals surface area (Å²) in [5.41, 5.74) is 0. The van der Waals surface area contributed by atoms with Crippen LogP contribution >= 0.6 is 0 Å². The lowest BCUT2D eigenvalue weighted by Crippen LogP contribution is -2.49. The summed E-state index contributed by atoms with van der Waals surface area (Å²) in [5.74, 6) is 1.49. The number of nitrogens with zero attached hydrogens (tertiary/aromatic N) is 5. The monoisotopic (exact) mass is 332 g/mol. The van der Waals surface area contributed by atoms with Crippen LogP contribution in [-0.2, 0) is 4.74 Å². The maximum absolute atomic E-state index is 12.3. The van der Waals surface area contributed by atoms with Crippen LogP contribution in [0.1, 0.15) is 10.6 Å². The Hall–Kier alpha value is -2.68. The molecule has 1 amide bonds. The lowest BCUT2D eigenvalue weighted by Gasteiger charge is -2.34. The van der Waals surface area contributed by atoms with Crippen molar-refractivity contribution >= 4 is 17.7 Å². The van der Waals surface area contributed by atoms with E-state index in [1.54, 1.807) is 30.3 Å². The van der Waals surface area contributed by atoms with Gasteiger partial charge in [0.25, 0.3) is 5.91 Å². The molecule has 0 atom stereocenters. The van der Waals surface area contributed by atoms with E-state index in [0.717, 1.165) is 0 Å². The number of hydrogen-bond donors (Lipinski definition) is 1. The molecule has 0 radical (unpaired) electrons. The van der Waals surface area contributed by atoms with E-state index < -0.39 is 0 Å². The Bertz CT molecular complexity index is 655. The van der Waals surface area contributed by atoms with Crippen molar-refractivity contribution in [2.45, 2.75) is 0 Å². The number of rotatable bonds is 6. The summed E-state index contributed by atoms with van der Waals surface area (Å²) >= 11 is 0. The number of furan rings is 1. The average molecular weight is 332 g/mol. The summed E-state index contributed by atoms with van der Waals surface area (Å²) in [7, 11) is 1.65. The molecule has 0 aromatic carbocycles. The van der Waals surface area contributed by atoms with Gasteiger partial charge >= 0.3 is 0 Å². The Morgan fingerprint density at radius 3 is 2.92 bits per heavy atom. The number of amides is 1. The van der Waals surface area contributed by atoms with E-state index in [1.807, 2.05) is 4.90 Å². The largest absolute Gasteiger partial charge is 0.459 e. The van der Waals surface area contributed by atoms with Crippen molar-refractivity contribution in [1.29, 1.82) is 0 Å². The van der Waals surface area contributed by atoms with Crippen LogP contribution in [0.15, 0.2) is 29.0 Å². The zero-order chi connectivity index (χ0) is 16.8. The van der Waals surface area contributed by atoms with Crippen molar-refractivity contribution in [1.82, 2.24) is 20.1 Å². The van der Waals surface area contributed by atoms with Crippen LogP contribution in [-0.4, -0.2) is 72.4 Å². The molecule has 9 nitrogen and oxygen atoms in total. The first-order chi connectivity index (χ1) is 11.8. The fourth-order valence-electron chi connectivity index (χ4n) is 2.46. The number of aromatic nitrogens is 3. The highest BCUT2D eigenvalue weighted by molar-refractivity contribution is 5.91. The number of nitrogens with one attached hydrogen (secondary N) is 1. The molecule has 1 fully saturated rings. The third kappa shape index (κ3) is 3.80. The first kappa shape index (κ1) is 16.2. The quantitative estimate of drug-likeness (QED) is 0.763. The van der Waals surface area contributed by atoms with Gasteiger partial charge < -0.3 is 24.3 Å². The van der Waals surface area contributed by atoms with Gasteiger partial charge in [0.1, 0.15) is 0 Å². The van der Waals surface area contributed by atoms with E-state index in [9.17, 15) is 4.79 Å². The summed E-state index contributed by atoms with van der Waals surface area (Å²) < 4.78 is 10.2. The number of carbonyl (C=O) groups is 1. The molecule has 1 N–H and O–H groups in total. The van der Waals surface area contributed by atoms with Crippen LogP contribution in [0.2, 0.25) is 0 Å². The minimum atomic E-state index is -0.0892. The minimum absolute atomic E-state index is 0.0892. The molecule has 0 aliphatic carbocycles. The van der Waals surface area contributed by atoms with Gasteiger partial charge in [0.05, 0.1) is 19.1 Å². The van der Waals surface area contributed by atoms with Crippen molar-refractivity contribution in [2.24, 2.45) is 0 Å². The predicted molar refractivity (Wildman–Crippen MR) is 87.0 cm³/mol. The zero-order valence-corrected chi connectivity index (χ0v) is 13.5. The van der Waals surface area contributed by atoms with Gasteiger partial charge in [-0.15, -0.1) is 5.10 Å². The van der Waals surface area contributed by atoms with Gasteiger partial charge in [-0.05, 0) is 12.1 Å². The van der Waals surface area contributed by atoms with Crippen LogP contribution in [0.3, 0.4) is 0 Å². The highest BCUT2D eigenvalue weighted by Gasteiger charge is 2.25. The Labute approximate surface area is 139 Å². The molecule has 1 aliphatic rings. The molecular formula is C15H20N6O3. The Balaban J connectivity index is 1.56. The molecule has 2 aromatic heterocycles. The van der Waals surface area contributed by atoms with Gasteiger partial charge in [-0.25, -0.2) is 0 Å².